The van der Waals surface area contributed by atoms with E-state index in [2.05, 4.69) is 0 Å². The number of hydrogen-bond acceptors (Lipinski definition) is 0. The predicted octanol–water partition coefficient (Wildman–Crippen LogP) is 5.05. The molecule has 0 aliphatic heterocycles. The molecule has 0 saturated heterocycles. The molecule has 0 N–H and O–H groups in total. The second-order valence-corrected chi connectivity index (χ2v) is 6.46. The normalized spacial score (nSPS) is 47.0. The fourth-order valence-electron chi connectivity index (χ4n) is 1.75. The van der Waals surface area contributed by atoms with E-state index in [1.54, 1.807) is 20.8 Å². The summed E-state index contributed by atoms with van der Waals surface area (Å²) in [6, 6.07) is -0.220. The van der Waals surface area contributed by atoms with Gasteiger partial charge in [-0.05, 0) is 35.4 Å². The minimum absolute atomic E-state index is 0.220. The van der Waals surface area contributed by atoms with Crippen LogP contribution in [0.4, 0.5) is 0 Å². The molecule has 0 bridgehead atoms. The zero-order valence-electron chi connectivity index (χ0n) is 17.1. The molecule has 0 fully saturated rings. The molecule has 0 heterocycles. The molecule has 15 heavy (non-hydrogen) atoms. The molecule has 0 saturated carbocycles. The molecule has 0 amide bonds. The molecular weight excluding hydrogens is 180 g/mol. The molecule has 1 aliphatic rings. The Bertz CT molecular complexity index is 460. The van der Waals surface area contributed by atoms with Gasteiger partial charge in [0.1, 0.15) is 0 Å². The van der Waals surface area contributed by atoms with Gasteiger partial charge in [0.15, 0.2) is 0 Å². The predicted molar refractivity (Wildman–Crippen MR) is 68.9 cm³/mol. The molecule has 0 nitrogen and oxygen atoms in total. The second-order valence-electron chi connectivity index (χ2n) is 6.46. The molecule has 0 aromatic heterocycles. The Labute approximate surface area is 105 Å². The van der Waals surface area contributed by atoms with Crippen LogP contribution in [0.5, 0.6) is 0 Å². The largest absolute Gasteiger partial charge is 0.0842 e. The summed E-state index contributed by atoms with van der Waals surface area (Å²) >= 11 is 0. The maximum absolute atomic E-state index is 8.64. The van der Waals surface area contributed by atoms with Gasteiger partial charge in [-0.3, -0.25) is 0 Å². The van der Waals surface area contributed by atoms with E-state index in [0.717, 1.165) is 0 Å². The van der Waals surface area contributed by atoms with E-state index in [-0.39, 0.29) is 11.6 Å². The molecule has 2 unspecified atom stereocenters. The molecule has 0 spiro atoms. The smallest absolute Gasteiger partial charge is 0.0576 e. The Balaban J connectivity index is 3.82. The average Bonchev–Trinajstić information content (AvgIpc) is 2.08. The van der Waals surface area contributed by atoms with Crippen LogP contribution in [0.25, 0.3) is 0 Å². The lowest BCUT2D eigenvalue weighted by Crippen LogP contribution is -2.29. The first kappa shape index (κ1) is 6.47. The van der Waals surface area contributed by atoms with Crippen molar-refractivity contribution < 1.29 is 8.22 Å². The molecule has 0 heteroatoms. The maximum Gasteiger partial charge on any atom is 0.0576 e. The van der Waals surface area contributed by atoms with Crippen LogP contribution in [0.15, 0.2) is 11.6 Å². The van der Waals surface area contributed by atoms with Gasteiger partial charge in [0.05, 0.1) is 1.37 Å². The highest BCUT2D eigenvalue weighted by Gasteiger charge is 2.32. The Morgan fingerprint density at radius 1 is 1.33 bits per heavy atom. The first-order chi connectivity index (χ1) is 8.89. The Morgan fingerprint density at radius 3 is 2.27 bits per heavy atom. The van der Waals surface area contributed by atoms with Gasteiger partial charge < -0.3 is 0 Å². The average molecular weight is 214 g/mol. The lowest BCUT2D eigenvalue weighted by molar-refractivity contribution is 0.189. The monoisotopic (exact) mass is 214 g/mol. The van der Waals surface area contributed by atoms with E-state index in [4.69, 9.17) is 8.22 Å². The zero-order valence-corrected chi connectivity index (χ0v) is 11.1. The topological polar surface area (TPSA) is 0 Å². The van der Waals surface area contributed by atoms with Crippen LogP contribution in [-0.4, -0.2) is 0 Å². The van der Waals surface area contributed by atoms with Gasteiger partial charge in [-0.1, -0.05) is 60.1 Å². The van der Waals surface area contributed by atoms with Crippen molar-refractivity contribution in [2.45, 2.75) is 61.2 Å². The molecular formula is C15H28. The lowest BCUT2D eigenvalue weighted by Gasteiger charge is -2.40. The first-order valence-corrected chi connectivity index (χ1v) is 5.62. The summed E-state index contributed by atoms with van der Waals surface area (Å²) in [7, 11) is 0. The van der Waals surface area contributed by atoms with Crippen molar-refractivity contribution in [3.8, 4) is 0 Å². The second kappa shape index (κ2) is 3.96. The quantitative estimate of drug-likeness (QED) is 0.495. The molecule has 0 radical (unpaired) electrons. The van der Waals surface area contributed by atoms with Gasteiger partial charge >= 0.3 is 0 Å². The lowest BCUT2D eigenvalue weighted by atomic mass is 9.66. The van der Waals surface area contributed by atoms with Gasteiger partial charge in [-0.15, -0.1) is 0 Å². The standard InChI is InChI=1S/C15H28/c1-11-10-12(14(2,3)4)8-9-13(11)15(5,6)7/h9,11-12H,8,10H2,1-7H3/i8D2,9D,10D2,11D. The van der Waals surface area contributed by atoms with E-state index < -0.39 is 35.4 Å². The summed E-state index contributed by atoms with van der Waals surface area (Å²) in [6.07, 6.45) is -4.16. The van der Waals surface area contributed by atoms with E-state index in [1.165, 1.54) is 6.92 Å². The van der Waals surface area contributed by atoms with E-state index in [0.29, 0.717) is 0 Å². The molecule has 1 aliphatic carbocycles. The Morgan fingerprint density at radius 2 is 1.87 bits per heavy atom. The van der Waals surface area contributed by atoms with Crippen molar-refractivity contribution >= 4 is 0 Å². The minimum Gasteiger partial charge on any atom is -0.0842 e. The summed E-state index contributed by atoms with van der Waals surface area (Å²) in [4.78, 5) is 0. The Hall–Kier alpha value is -0.260. The number of allylic oxidation sites excluding steroid dienone is 2. The summed E-state index contributed by atoms with van der Waals surface area (Å²) in [5.41, 5.74) is -1.06. The van der Waals surface area contributed by atoms with Gasteiger partial charge in [0.2, 0.25) is 0 Å². The van der Waals surface area contributed by atoms with Crippen molar-refractivity contribution in [1.29, 1.82) is 0 Å². The SMILES string of the molecule is [2H]C1=C(C(C)(C)C)C([2H])(C)C([2H])([2H])C(C(C)(C)C)C1([2H])[2H]. The Kier molecular flexibility index (Phi) is 1.71. The summed E-state index contributed by atoms with van der Waals surface area (Å²) in [5.74, 6) is -2.69. The fourth-order valence-corrected chi connectivity index (χ4v) is 1.75. The van der Waals surface area contributed by atoms with E-state index in [1.807, 2.05) is 20.8 Å². The van der Waals surface area contributed by atoms with Gasteiger partial charge in [0, 0.05) is 6.85 Å². The summed E-state index contributed by atoms with van der Waals surface area (Å²) in [6.45, 7) is 12.3. The third-order valence-corrected chi connectivity index (χ3v) is 2.69. The highest BCUT2D eigenvalue weighted by Crippen LogP contribution is 2.44. The molecule has 1 rings (SSSR count). The van der Waals surface area contributed by atoms with Crippen LogP contribution < -0.4 is 0 Å². The summed E-state index contributed by atoms with van der Waals surface area (Å²) in [5, 5.41) is 0. The third-order valence-electron chi connectivity index (χ3n) is 2.69. The van der Waals surface area contributed by atoms with Crippen molar-refractivity contribution in [3.63, 3.8) is 0 Å². The van der Waals surface area contributed by atoms with Crippen LogP contribution in [0, 0.1) is 22.6 Å². The van der Waals surface area contributed by atoms with Crippen LogP contribution in [0.2, 0.25) is 0 Å². The molecule has 2 atom stereocenters. The van der Waals surface area contributed by atoms with Crippen molar-refractivity contribution in [3.05, 3.63) is 11.6 Å². The molecule has 0 aromatic carbocycles. The first-order valence-electron chi connectivity index (χ1n) is 8.62. The van der Waals surface area contributed by atoms with Crippen molar-refractivity contribution in [1.82, 2.24) is 0 Å². The van der Waals surface area contributed by atoms with Crippen LogP contribution in [-0.2, 0) is 0 Å². The summed E-state index contributed by atoms with van der Waals surface area (Å²) < 4.78 is 50.8. The molecule has 88 valence electrons. The molecule has 0 aromatic rings. The van der Waals surface area contributed by atoms with Crippen molar-refractivity contribution in [2.24, 2.45) is 22.6 Å². The van der Waals surface area contributed by atoms with Crippen LogP contribution in [0.1, 0.15) is 69.4 Å². The number of hydrogen-bond donors (Lipinski definition) is 0. The highest BCUT2D eigenvalue weighted by atomic mass is 14.4. The van der Waals surface area contributed by atoms with E-state index >= 15 is 0 Å². The van der Waals surface area contributed by atoms with Crippen LogP contribution >= 0.6 is 0 Å². The van der Waals surface area contributed by atoms with Crippen LogP contribution in [0.3, 0.4) is 0 Å². The highest BCUT2D eigenvalue weighted by molar-refractivity contribution is 5.17. The van der Waals surface area contributed by atoms with Gasteiger partial charge in [-0.25, -0.2) is 0 Å². The maximum atomic E-state index is 8.64. The van der Waals surface area contributed by atoms with E-state index in [9.17, 15) is 0 Å². The zero-order chi connectivity index (χ0) is 17.2. The van der Waals surface area contributed by atoms with Crippen molar-refractivity contribution in [2.75, 3.05) is 0 Å². The van der Waals surface area contributed by atoms with Gasteiger partial charge in [0.25, 0.3) is 0 Å². The number of rotatable bonds is 0. The third kappa shape index (κ3) is 3.09. The van der Waals surface area contributed by atoms with Gasteiger partial charge in [-0.2, -0.15) is 0 Å². The minimum atomic E-state index is -2.09. The fraction of sp³-hybridized carbons (Fsp3) is 0.867.